The van der Waals surface area contributed by atoms with Crippen LogP contribution in [0, 0.1) is 13.8 Å². The van der Waals surface area contributed by atoms with E-state index in [2.05, 4.69) is 16.9 Å². The van der Waals surface area contributed by atoms with E-state index in [1.165, 1.54) is 0 Å². The van der Waals surface area contributed by atoms with E-state index in [1.807, 2.05) is 40.7 Å². The van der Waals surface area contributed by atoms with Crippen LogP contribution in [0.2, 0.25) is 0 Å². The molecule has 0 saturated carbocycles. The average molecular weight is 563 g/mol. The van der Waals surface area contributed by atoms with Gasteiger partial charge in [0.05, 0.1) is 17.8 Å². The summed E-state index contributed by atoms with van der Waals surface area (Å²) < 4.78 is 1.73. The number of allylic oxidation sites excluding steroid dienone is 1. The lowest BCUT2D eigenvalue weighted by atomic mass is 9.98. The molecule has 1 saturated heterocycles. The molecule has 3 N–H and O–H groups in total. The van der Waals surface area contributed by atoms with E-state index in [0.29, 0.717) is 35.6 Å². The van der Waals surface area contributed by atoms with E-state index in [-0.39, 0.29) is 35.8 Å². The fourth-order valence-electron chi connectivity index (χ4n) is 4.74. The van der Waals surface area contributed by atoms with Crippen LogP contribution in [-0.2, 0) is 16.0 Å². The molecule has 0 spiro atoms. The van der Waals surface area contributed by atoms with Gasteiger partial charge in [-0.1, -0.05) is 26.0 Å². The van der Waals surface area contributed by atoms with Crippen LogP contribution in [0.3, 0.4) is 0 Å². The van der Waals surface area contributed by atoms with Crippen molar-refractivity contribution in [3.05, 3.63) is 53.0 Å². The molecule has 1 aliphatic heterocycles. The van der Waals surface area contributed by atoms with E-state index in [4.69, 9.17) is 15.8 Å². The molecule has 0 aliphatic carbocycles. The highest BCUT2D eigenvalue weighted by Crippen LogP contribution is 2.31. The average Bonchev–Trinajstić information content (AvgIpc) is 3.33. The van der Waals surface area contributed by atoms with Gasteiger partial charge in [-0.05, 0) is 56.4 Å². The highest BCUT2D eigenvalue weighted by atomic mass is 16.2. The number of amides is 3. The third-order valence-electron chi connectivity index (χ3n) is 7.24. The molecule has 3 aromatic rings. The molecule has 11 heteroatoms. The first kappa shape index (κ1) is 31.3. The number of benzene rings is 1. The first-order valence-corrected chi connectivity index (χ1v) is 13.9. The molecule has 41 heavy (non-hydrogen) atoms. The maximum absolute atomic E-state index is 13.6. The van der Waals surface area contributed by atoms with E-state index < -0.39 is 5.91 Å². The SMILES string of the molecule is C=CC.Cc1c(CC(=O)N(C)C)ccc(NC(=O)c2nn(C3CCCN(C=O)C3)c3nc(C(C)C)nc(N)c23)c1C. The minimum absolute atomic E-state index is 0.00777. The van der Waals surface area contributed by atoms with Crippen LogP contribution >= 0.6 is 0 Å². The van der Waals surface area contributed by atoms with Gasteiger partial charge in [0.15, 0.2) is 11.3 Å². The van der Waals surface area contributed by atoms with Crippen LogP contribution in [0.15, 0.2) is 24.8 Å². The van der Waals surface area contributed by atoms with Gasteiger partial charge in [0, 0.05) is 38.8 Å². The zero-order valence-corrected chi connectivity index (χ0v) is 25.2. The van der Waals surface area contributed by atoms with Crippen LogP contribution < -0.4 is 11.1 Å². The number of likely N-dealkylation sites (tertiary alicyclic amines) is 1. The van der Waals surface area contributed by atoms with Gasteiger partial charge in [-0.15, -0.1) is 6.58 Å². The van der Waals surface area contributed by atoms with Gasteiger partial charge in [0.25, 0.3) is 5.91 Å². The quantitative estimate of drug-likeness (QED) is 0.327. The Kier molecular flexibility index (Phi) is 10.2. The van der Waals surface area contributed by atoms with Crippen LogP contribution in [0.4, 0.5) is 11.5 Å². The van der Waals surface area contributed by atoms with Crippen molar-refractivity contribution in [2.75, 3.05) is 38.2 Å². The number of aromatic nitrogens is 4. The molecule has 3 heterocycles. The molecule has 11 nitrogen and oxygen atoms in total. The van der Waals surface area contributed by atoms with E-state index in [1.54, 1.807) is 40.7 Å². The van der Waals surface area contributed by atoms with Crippen molar-refractivity contribution in [2.45, 2.75) is 65.8 Å². The Balaban J connectivity index is 0.00000147. The van der Waals surface area contributed by atoms with Crippen LogP contribution in [-0.4, -0.2) is 75.0 Å². The normalized spacial score (nSPS) is 14.8. The second-order valence-corrected chi connectivity index (χ2v) is 10.9. The molecule has 1 fully saturated rings. The molecule has 0 bridgehead atoms. The summed E-state index contributed by atoms with van der Waals surface area (Å²) in [7, 11) is 3.46. The summed E-state index contributed by atoms with van der Waals surface area (Å²) in [5.41, 5.74) is 10.4. The molecular weight excluding hydrogens is 520 g/mol. The molecule has 1 unspecified atom stereocenters. The summed E-state index contributed by atoms with van der Waals surface area (Å²) in [6, 6.07) is 3.53. The zero-order chi connectivity index (χ0) is 30.4. The second kappa shape index (κ2) is 13.4. The predicted octanol–water partition coefficient (Wildman–Crippen LogP) is 4.02. The highest BCUT2D eigenvalue weighted by Gasteiger charge is 2.29. The summed E-state index contributed by atoms with van der Waals surface area (Å²) in [5.74, 6) is 0.380. The third kappa shape index (κ3) is 6.90. The summed E-state index contributed by atoms with van der Waals surface area (Å²) in [4.78, 5) is 49.8. The van der Waals surface area contributed by atoms with E-state index in [9.17, 15) is 14.4 Å². The maximum Gasteiger partial charge on any atom is 0.277 e. The number of carbonyl (C=O) groups excluding carboxylic acids is 3. The van der Waals surface area contributed by atoms with Crippen molar-refractivity contribution in [3.63, 3.8) is 0 Å². The predicted molar refractivity (Wildman–Crippen MR) is 162 cm³/mol. The summed E-state index contributed by atoms with van der Waals surface area (Å²) in [6.45, 7) is 14.2. The summed E-state index contributed by atoms with van der Waals surface area (Å²) >= 11 is 0. The number of piperidine rings is 1. The number of hydrogen-bond donors (Lipinski definition) is 2. The minimum atomic E-state index is -0.427. The number of nitrogens with two attached hydrogens (primary N) is 1. The standard InChI is InChI=1S/C27H36N8O3.C3H6/c1-15(2)25-30-24(28)22-23(32-35(26(22)31-25)19-8-7-11-34(13-19)14-36)27(38)29-20-10-9-18(16(3)17(20)4)12-21(37)33(5)6;1-3-2/h9-10,14-15,19H,7-8,11-13H2,1-6H3,(H,29,38)(H2,28,30,31);3H,1H2,2H3. The molecule has 4 rings (SSSR count). The van der Waals surface area contributed by atoms with Gasteiger partial charge >= 0.3 is 0 Å². The number of fused-ring (bicyclic) bond motifs is 1. The Labute approximate surface area is 241 Å². The number of carbonyl (C=O) groups is 3. The monoisotopic (exact) mass is 562 g/mol. The Morgan fingerprint density at radius 2 is 1.90 bits per heavy atom. The van der Waals surface area contributed by atoms with Crippen molar-refractivity contribution in [2.24, 2.45) is 0 Å². The molecule has 3 amide bonds. The van der Waals surface area contributed by atoms with Gasteiger partial charge in [0.1, 0.15) is 11.6 Å². The Bertz CT molecular complexity index is 1440. The second-order valence-electron chi connectivity index (χ2n) is 10.9. The summed E-state index contributed by atoms with van der Waals surface area (Å²) in [6.07, 6.45) is 4.50. The maximum atomic E-state index is 13.6. The molecular formula is C30H42N8O3. The highest BCUT2D eigenvalue weighted by molar-refractivity contribution is 6.13. The van der Waals surface area contributed by atoms with Crippen LogP contribution in [0.25, 0.3) is 11.0 Å². The van der Waals surface area contributed by atoms with Gasteiger partial charge in [-0.25, -0.2) is 14.6 Å². The first-order chi connectivity index (χ1) is 19.4. The van der Waals surface area contributed by atoms with Gasteiger partial charge in [0.2, 0.25) is 12.3 Å². The lowest BCUT2D eigenvalue weighted by Crippen LogP contribution is -2.36. The number of nitrogens with one attached hydrogen (secondary N) is 1. The molecule has 220 valence electrons. The molecule has 1 aromatic carbocycles. The fraction of sp³-hybridized carbons (Fsp3) is 0.467. The summed E-state index contributed by atoms with van der Waals surface area (Å²) in [5, 5.41) is 8.07. The molecule has 0 radical (unpaired) electrons. The zero-order valence-electron chi connectivity index (χ0n) is 25.2. The van der Waals surface area contributed by atoms with Crippen molar-refractivity contribution >= 4 is 40.8 Å². The number of anilines is 2. The smallest absolute Gasteiger partial charge is 0.277 e. The minimum Gasteiger partial charge on any atom is -0.383 e. The van der Waals surface area contributed by atoms with Crippen molar-refractivity contribution in [1.82, 2.24) is 29.5 Å². The third-order valence-corrected chi connectivity index (χ3v) is 7.24. The molecule has 1 atom stereocenters. The van der Waals surface area contributed by atoms with Crippen molar-refractivity contribution < 1.29 is 14.4 Å². The number of nitrogen functional groups attached to an aromatic ring is 1. The van der Waals surface area contributed by atoms with E-state index >= 15 is 0 Å². The lowest BCUT2D eigenvalue weighted by Gasteiger charge is -2.30. The van der Waals surface area contributed by atoms with Gasteiger partial charge in [-0.2, -0.15) is 5.10 Å². The molecule has 1 aliphatic rings. The topological polar surface area (TPSA) is 139 Å². The Morgan fingerprint density at radius 3 is 2.51 bits per heavy atom. The first-order valence-electron chi connectivity index (χ1n) is 13.9. The van der Waals surface area contributed by atoms with Crippen molar-refractivity contribution in [1.29, 1.82) is 0 Å². The number of likely N-dealkylation sites (N-methyl/N-ethyl adjacent to an activating group) is 1. The van der Waals surface area contributed by atoms with Crippen LogP contribution in [0.1, 0.15) is 78.6 Å². The van der Waals surface area contributed by atoms with Gasteiger partial charge in [-0.3, -0.25) is 14.4 Å². The molecule has 2 aromatic heterocycles. The number of nitrogens with zero attached hydrogens (tertiary/aromatic N) is 6. The van der Waals surface area contributed by atoms with E-state index in [0.717, 1.165) is 35.9 Å². The van der Waals surface area contributed by atoms with Crippen LogP contribution in [0.5, 0.6) is 0 Å². The largest absolute Gasteiger partial charge is 0.383 e. The van der Waals surface area contributed by atoms with Gasteiger partial charge < -0.3 is 20.9 Å². The lowest BCUT2D eigenvalue weighted by molar-refractivity contribution is -0.128. The number of hydrogen-bond acceptors (Lipinski definition) is 7. The Morgan fingerprint density at radius 1 is 1.22 bits per heavy atom. The Hall–Kier alpha value is -4.28. The van der Waals surface area contributed by atoms with Crippen molar-refractivity contribution in [3.8, 4) is 0 Å². The fourth-order valence-corrected chi connectivity index (χ4v) is 4.74. The number of rotatable bonds is 7.